The highest BCUT2D eigenvalue weighted by Gasteiger charge is 2.38. The van der Waals surface area contributed by atoms with Gasteiger partial charge < -0.3 is 10.2 Å². The molecular formula is C14H15N3S2. The van der Waals surface area contributed by atoms with Crippen LogP contribution in [0.3, 0.4) is 0 Å². The molecule has 0 radical (unpaired) electrons. The molecule has 3 heterocycles. The second kappa shape index (κ2) is 4.90. The minimum Gasteiger partial charge on any atom is -0.352 e. The van der Waals surface area contributed by atoms with Gasteiger partial charge in [-0.2, -0.15) is 0 Å². The zero-order chi connectivity index (χ0) is 13.4. The molecule has 1 fully saturated rings. The molecular weight excluding hydrogens is 274 g/mol. The standard InChI is InChI=1S/C14H15N3S2/c1-9-6-8-19-13(9)12-11(16-14(18)17(12)2)10-5-3-4-7-15-10/h3-8,11-12H,1-2H3,(H,16,18)/t11-,12+/m1/s1. The third-order valence-electron chi connectivity index (χ3n) is 3.51. The number of nitrogens with zero attached hydrogens (tertiary/aromatic N) is 2. The van der Waals surface area contributed by atoms with Crippen molar-refractivity contribution in [2.75, 3.05) is 7.05 Å². The molecule has 0 saturated carbocycles. The molecule has 2 aromatic heterocycles. The number of aryl methyl sites for hydroxylation is 1. The second-order valence-corrected chi connectivity index (χ2v) is 6.04. The summed E-state index contributed by atoms with van der Waals surface area (Å²) >= 11 is 7.19. The Labute approximate surface area is 122 Å². The van der Waals surface area contributed by atoms with Crippen molar-refractivity contribution >= 4 is 28.7 Å². The fourth-order valence-electron chi connectivity index (χ4n) is 2.47. The van der Waals surface area contributed by atoms with Gasteiger partial charge in [0.1, 0.15) is 0 Å². The lowest BCUT2D eigenvalue weighted by atomic mass is 10.0. The van der Waals surface area contributed by atoms with E-state index in [1.807, 2.05) is 25.4 Å². The monoisotopic (exact) mass is 289 g/mol. The quantitative estimate of drug-likeness (QED) is 0.860. The van der Waals surface area contributed by atoms with Gasteiger partial charge in [-0.1, -0.05) is 6.07 Å². The van der Waals surface area contributed by atoms with Crippen LogP contribution in [0.4, 0.5) is 0 Å². The second-order valence-electron chi connectivity index (χ2n) is 4.71. The highest BCUT2D eigenvalue weighted by Crippen LogP contribution is 2.40. The highest BCUT2D eigenvalue weighted by atomic mass is 32.1. The minimum absolute atomic E-state index is 0.121. The van der Waals surface area contributed by atoms with E-state index in [9.17, 15) is 0 Å². The first kappa shape index (κ1) is 12.6. The molecule has 0 aromatic carbocycles. The molecule has 98 valence electrons. The van der Waals surface area contributed by atoms with E-state index in [1.54, 1.807) is 11.3 Å². The van der Waals surface area contributed by atoms with Crippen LogP contribution in [0.2, 0.25) is 0 Å². The van der Waals surface area contributed by atoms with Crippen molar-refractivity contribution in [2.45, 2.75) is 19.0 Å². The summed E-state index contributed by atoms with van der Waals surface area (Å²) in [4.78, 5) is 7.96. The first-order chi connectivity index (χ1) is 9.18. The molecule has 0 aliphatic carbocycles. The topological polar surface area (TPSA) is 28.2 Å². The Balaban J connectivity index is 2.04. The number of likely N-dealkylation sites (N-methyl/N-ethyl adjacent to an activating group) is 1. The van der Waals surface area contributed by atoms with Crippen LogP contribution in [0, 0.1) is 6.92 Å². The Hall–Kier alpha value is -1.46. The molecule has 0 amide bonds. The van der Waals surface area contributed by atoms with Crippen LogP contribution in [0.1, 0.15) is 28.2 Å². The summed E-state index contributed by atoms with van der Waals surface area (Å²) in [6, 6.07) is 8.51. The van der Waals surface area contributed by atoms with Crippen molar-refractivity contribution in [3.05, 3.63) is 52.0 Å². The van der Waals surface area contributed by atoms with Crippen LogP contribution >= 0.6 is 23.6 Å². The Kier molecular flexibility index (Phi) is 3.24. The molecule has 2 atom stereocenters. The van der Waals surface area contributed by atoms with Gasteiger partial charge in [0.25, 0.3) is 0 Å². The summed E-state index contributed by atoms with van der Waals surface area (Å²) in [5.41, 5.74) is 2.35. The number of nitrogens with one attached hydrogen (secondary N) is 1. The molecule has 1 N–H and O–H groups in total. The fraction of sp³-hybridized carbons (Fsp3) is 0.286. The van der Waals surface area contributed by atoms with Crippen LogP contribution in [-0.4, -0.2) is 22.0 Å². The summed E-state index contributed by atoms with van der Waals surface area (Å²) in [5.74, 6) is 0. The average Bonchev–Trinajstić information content (AvgIpc) is 2.96. The van der Waals surface area contributed by atoms with E-state index in [0.29, 0.717) is 0 Å². The number of thiophene rings is 1. The van der Waals surface area contributed by atoms with E-state index >= 15 is 0 Å². The van der Waals surface area contributed by atoms with Crippen molar-refractivity contribution in [1.29, 1.82) is 0 Å². The lowest BCUT2D eigenvalue weighted by Crippen LogP contribution is -2.24. The maximum absolute atomic E-state index is 5.40. The smallest absolute Gasteiger partial charge is 0.169 e. The number of hydrogen-bond acceptors (Lipinski definition) is 3. The molecule has 3 nitrogen and oxygen atoms in total. The van der Waals surface area contributed by atoms with Crippen molar-refractivity contribution in [1.82, 2.24) is 15.2 Å². The molecule has 0 spiro atoms. The van der Waals surface area contributed by atoms with Crippen molar-refractivity contribution < 1.29 is 0 Å². The minimum atomic E-state index is 0.121. The van der Waals surface area contributed by atoms with Gasteiger partial charge in [0.05, 0.1) is 17.8 Å². The van der Waals surface area contributed by atoms with Crippen LogP contribution in [0.15, 0.2) is 35.8 Å². The van der Waals surface area contributed by atoms with Crippen LogP contribution in [0.5, 0.6) is 0 Å². The Bertz CT molecular complexity index is 594. The third-order valence-corrected chi connectivity index (χ3v) is 5.00. The predicted octanol–water partition coefficient (Wildman–Crippen LogP) is 3.05. The largest absolute Gasteiger partial charge is 0.352 e. The van der Waals surface area contributed by atoms with E-state index in [2.05, 4.69) is 39.6 Å². The van der Waals surface area contributed by atoms with Gasteiger partial charge in [-0.15, -0.1) is 11.3 Å². The normalized spacial score (nSPS) is 22.6. The molecule has 0 bridgehead atoms. The Morgan fingerprint density at radius 2 is 2.21 bits per heavy atom. The molecule has 3 rings (SSSR count). The van der Waals surface area contributed by atoms with E-state index in [1.165, 1.54) is 10.4 Å². The van der Waals surface area contributed by atoms with Gasteiger partial charge in [-0.25, -0.2) is 0 Å². The number of thiocarbonyl (C=S) groups is 1. The van der Waals surface area contributed by atoms with Crippen molar-refractivity contribution in [2.24, 2.45) is 0 Å². The number of pyridine rings is 1. The van der Waals surface area contributed by atoms with Crippen molar-refractivity contribution in [3.63, 3.8) is 0 Å². The van der Waals surface area contributed by atoms with Crippen LogP contribution < -0.4 is 5.32 Å². The maximum Gasteiger partial charge on any atom is 0.169 e. The zero-order valence-electron chi connectivity index (χ0n) is 10.8. The number of aromatic nitrogens is 1. The van der Waals surface area contributed by atoms with Gasteiger partial charge in [-0.05, 0) is 48.3 Å². The first-order valence-corrected chi connectivity index (χ1v) is 7.45. The third kappa shape index (κ3) is 2.13. The highest BCUT2D eigenvalue weighted by molar-refractivity contribution is 7.80. The number of rotatable bonds is 2. The van der Waals surface area contributed by atoms with E-state index in [0.717, 1.165) is 10.8 Å². The van der Waals surface area contributed by atoms with Gasteiger partial charge in [0.2, 0.25) is 0 Å². The molecule has 5 heteroatoms. The molecule has 2 aromatic rings. The van der Waals surface area contributed by atoms with E-state index in [-0.39, 0.29) is 12.1 Å². The molecule has 0 unspecified atom stereocenters. The predicted molar refractivity (Wildman–Crippen MR) is 82.3 cm³/mol. The molecule has 19 heavy (non-hydrogen) atoms. The van der Waals surface area contributed by atoms with Gasteiger partial charge in [-0.3, -0.25) is 4.98 Å². The lowest BCUT2D eigenvalue weighted by Gasteiger charge is -2.23. The SMILES string of the molecule is Cc1ccsc1[C@@H]1[C@@H](c2ccccn2)NC(=S)N1C. The molecule has 1 saturated heterocycles. The Morgan fingerprint density at radius 1 is 1.37 bits per heavy atom. The summed E-state index contributed by atoms with van der Waals surface area (Å²) in [6.07, 6.45) is 1.83. The van der Waals surface area contributed by atoms with Gasteiger partial charge >= 0.3 is 0 Å². The number of hydrogen-bond donors (Lipinski definition) is 1. The lowest BCUT2D eigenvalue weighted by molar-refractivity contribution is 0.373. The molecule has 1 aliphatic heterocycles. The van der Waals surface area contributed by atoms with Crippen LogP contribution in [-0.2, 0) is 0 Å². The van der Waals surface area contributed by atoms with Crippen LogP contribution in [0.25, 0.3) is 0 Å². The first-order valence-electron chi connectivity index (χ1n) is 6.16. The molecule has 1 aliphatic rings. The summed E-state index contributed by atoms with van der Waals surface area (Å²) < 4.78 is 0. The zero-order valence-corrected chi connectivity index (χ0v) is 12.5. The van der Waals surface area contributed by atoms with Gasteiger partial charge in [0.15, 0.2) is 5.11 Å². The van der Waals surface area contributed by atoms with E-state index < -0.39 is 0 Å². The van der Waals surface area contributed by atoms with Gasteiger partial charge in [0, 0.05) is 18.1 Å². The summed E-state index contributed by atoms with van der Waals surface area (Å²) in [6.45, 7) is 2.15. The van der Waals surface area contributed by atoms with Crippen molar-refractivity contribution in [3.8, 4) is 0 Å². The maximum atomic E-state index is 5.40. The Morgan fingerprint density at radius 3 is 2.84 bits per heavy atom. The summed E-state index contributed by atoms with van der Waals surface area (Å²) in [5, 5.41) is 6.31. The summed E-state index contributed by atoms with van der Waals surface area (Å²) in [7, 11) is 2.04. The van der Waals surface area contributed by atoms with E-state index in [4.69, 9.17) is 12.2 Å². The average molecular weight is 289 g/mol. The fourth-order valence-corrected chi connectivity index (χ4v) is 3.82.